The highest BCUT2D eigenvalue weighted by atomic mass is 79.9. The van der Waals surface area contributed by atoms with Crippen LogP contribution in [0.15, 0.2) is 12.7 Å². The molecule has 0 unspecified atom stereocenters. The maximum atomic E-state index is 6.23. The first-order chi connectivity index (χ1) is 8.15. The average Bonchev–Trinajstić information content (AvgIpc) is 2.22. The number of ether oxygens (including phenoxy) is 2. The van der Waals surface area contributed by atoms with Crippen LogP contribution in [0.3, 0.4) is 0 Å². The number of hydrogen-bond acceptors (Lipinski definition) is 2. The van der Waals surface area contributed by atoms with Crippen LogP contribution in [-0.2, 0) is 9.47 Å². The second-order valence-electron chi connectivity index (χ2n) is 4.86. The minimum atomic E-state index is 0.181. The van der Waals surface area contributed by atoms with Crippen molar-refractivity contribution in [1.29, 1.82) is 0 Å². The molecule has 4 heteroatoms. The fourth-order valence-corrected chi connectivity index (χ4v) is 3.57. The van der Waals surface area contributed by atoms with Crippen LogP contribution in [0, 0.1) is 0 Å². The van der Waals surface area contributed by atoms with Gasteiger partial charge in [0.25, 0.3) is 0 Å². The van der Waals surface area contributed by atoms with Crippen LogP contribution >= 0.6 is 31.9 Å². The number of alkyl halides is 2. The summed E-state index contributed by atoms with van der Waals surface area (Å²) in [5, 5.41) is 0. The van der Waals surface area contributed by atoms with Crippen LogP contribution in [0.5, 0.6) is 0 Å². The second kappa shape index (κ2) is 6.18. The Morgan fingerprint density at radius 3 is 2.65 bits per heavy atom. The van der Waals surface area contributed by atoms with Crippen molar-refractivity contribution in [2.45, 2.75) is 66.7 Å². The zero-order valence-electron chi connectivity index (χ0n) is 10.1. The smallest absolute Gasteiger partial charge is 0.0876 e. The summed E-state index contributed by atoms with van der Waals surface area (Å²) in [5.74, 6) is 0. The van der Waals surface area contributed by atoms with Crippen molar-refractivity contribution in [3.05, 3.63) is 12.7 Å². The van der Waals surface area contributed by atoms with E-state index in [1.807, 2.05) is 6.08 Å². The zero-order valence-corrected chi connectivity index (χ0v) is 13.3. The monoisotopic (exact) mass is 366 g/mol. The topological polar surface area (TPSA) is 18.5 Å². The standard InChI is InChI=1S/C13H20Br2O2/c1-3-5-10-13-7-12(17-13)9(15)6-11(16-10)8(14)4-2/h3,8-13H,1,4-7H2,2H3/t8-,9+,10-,11+,12+,13-/m0/s1. The van der Waals surface area contributed by atoms with E-state index in [1.54, 1.807) is 0 Å². The summed E-state index contributed by atoms with van der Waals surface area (Å²) >= 11 is 7.45. The largest absolute Gasteiger partial charge is 0.371 e. The lowest BCUT2D eigenvalue weighted by atomic mass is 9.90. The van der Waals surface area contributed by atoms with Crippen molar-refractivity contribution < 1.29 is 9.47 Å². The first-order valence-corrected chi connectivity index (χ1v) is 8.18. The Morgan fingerprint density at radius 2 is 2.06 bits per heavy atom. The molecule has 2 nitrogen and oxygen atoms in total. The third-order valence-electron chi connectivity index (χ3n) is 3.63. The SMILES string of the molecule is C=CC[C@@H]1O[C@@H]([C@@H](Br)CC)C[C@@H](Br)[C@H]2C[C@@H]1O2. The van der Waals surface area contributed by atoms with Crippen LogP contribution in [0.1, 0.15) is 32.6 Å². The predicted molar refractivity (Wildman–Crippen MR) is 77.1 cm³/mol. The second-order valence-corrected chi connectivity index (χ2v) is 7.21. The van der Waals surface area contributed by atoms with Crippen molar-refractivity contribution in [3.8, 4) is 0 Å². The third-order valence-corrected chi connectivity index (χ3v) is 5.83. The van der Waals surface area contributed by atoms with Crippen LogP contribution in [-0.4, -0.2) is 34.1 Å². The summed E-state index contributed by atoms with van der Waals surface area (Å²) in [4.78, 5) is 0.840. The predicted octanol–water partition coefficient (Wildman–Crippen LogP) is 3.81. The molecule has 98 valence electrons. The van der Waals surface area contributed by atoms with Crippen molar-refractivity contribution >= 4 is 31.9 Å². The summed E-state index contributed by atoms with van der Waals surface area (Å²) in [5.41, 5.74) is 0. The van der Waals surface area contributed by atoms with Gasteiger partial charge in [0.2, 0.25) is 0 Å². The van der Waals surface area contributed by atoms with Gasteiger partial charge in [0.05, 0.1) is 24.4 Å². The van der Waals surface area contributed by atoms with Gasteiger partial charge in [-0.1, -0.05) is 44.9 Å². The van der Waals surface area contributed by atoms with Gasteiger partial charge in [0, 0.05) is 16.1 Å². The Balaban J connectivity index is 2.04. The highest BCUT2D eigenvalue weighted by molar-refractivity contribution is 9.09. The lowest BCUT2D eigenvalue weighted by Gasteiger charge is -2.47. The van der Waals surface area contributed by atoms with Gasteiger partial charge in [-0.2, -0.15) is 0 Å². The van der Waals surface area contributed by atoms with E-state index < -0.39 is 0 Å². The zero-order chi connectivity index (χ0) is 12.4. The maximum Gasteiger partial charge on any atom is 0.0876 e. The molecule has 3 heterocycles. The Hall–Kier alpha value is 0.620. The van der Waals surface area contributed by atoms with Crippen molar-refractivity contribution in [1.82, 2.24) is 0 Å². The molecule has 0 radical (unpaired) electrons. The minimum absolute atomic E-state index is 0.181. The van der Waals surface area contributed by atoms with E-state index in [0.717, 1.165) is 25.7 Å². The molecule has 3 rings (SSSR count). The molecule has 0 saturated carbocycles. The Labute approximate surface area is 120 Å². The van der Waals surface area contributed by atoms with Gasteiger partial charge < -0.3 is 9.47 Å². The quantitative estimate of drug-likeness (QED) is 0.555. The van der Waals surface area contributed by atoms with E-state index in [2.05, 4.69) is 45.4 Å². The molecule has 6 atom stereocenters. The van der Waals surface area contributed by atoms with E-state index in [9.17, 15) is 0 Å². The Bertz CT molecular complexity index is 266. The molecule has 0 aromatic rings. The molecular weight excluding hydrogens is 348 g/mol. The number of rotatable bonds is 4. The van der Waals surface area contributed by atoms with Crippen LogP contribution in [0.4, 0.5) is 0 Å². The van der Waals surface area contributed by atoms with Gasteiger partial charge in [-0.25, -0.2) is 0 Å². The van der Waals surface area contributed by atoms with E-state index >= 15 is 0 Å². The van der Waals surface area contributed by atoms with Crippen LogP contribution < -0.4 is 0 Å². The molecule has 0 amide bonds. The van der Waals surface area contributed by atoms with Crippen LogP contribution in [0.25, 0.3) is 0 Å². The van der Waals surface area contributed by atoms with Crippen molar-refractivity contribution in [2.75, 3.05) is 0 Å². The van der Waals surface area contributed by atoms with Crippen molar-refractivity contribution in [3.63, 3.8) is 0 Å². The lowest BCUT2D eigenvalue weighted by molar-refractivity contribution is -0.213. The Kier molecular flexibility index (Phi) is 5.10. The summed E-state index contributed by atoms with van der Waals surface area (Å²) in [6.45, 7) is 5.99. The van der Waals surface area contributed by atoms with Gasteiger partial charge in [-0.05, 0) is 19.3 Å². The number of hydrogen-bond donors (Lipinski definition) is 0. The fraction of sp³-hybridized carbons (Fsp3) is 0.846. The molecule has 3 saturated heterocycles. The van der Waals surface area contributed by atoms with E-state index in [0.29, 0.717) is 15.8 Å². The molecule has 0 N–H and O–H groups in total. The molecular formula is C13H20Br2O2. The van der Waals surface area contributed by atoms with E-state index in [1.165, 1.54) is 0 Å². The van der Waals surface area contributed by atoms with Gasteiger partial charge in [-0.3, -0.25) is 0 Å². The number of fused-ring (bicyclic) bond motifs is 4. The van der Waals surface area contributed by atoms with E-state index in [4.69, 9.17) is 9.47 Å². The molecule has 3 fully saturated rings. The normalized spacial score (nSPS) is 43.1. The molecule has 0 spiro atoms. The van der Waals surface area contributed by atoms with Gasteiger partial charge in [-0.15, -0.1) is 6.58 Å². The van der Waals surface area contributed by atoms with E-state index in [-0.39, 0.29) is 18.3 Å². The number of halogens is 2. The first kappa shape index (κ1) is 14.0. The Morgan fingerprint density at radius 1 is 1.35 bits per heavy atom. The summed E-state index contributed by atoms with van der Waals surface area (Å²) < 4.78 is 12.1. The molecule has 2 bridgehead atoms. The third kappa shape index (κ3) is 3.14. The fourth-order valence-electron chi connectivity index (χ4n) is 2.52. The minimum Gasteiger partial charge on any atom is -0.371 e. The highest BCUT2D eigenvalue weighted by Crippen LogP contribution is 2.38. The molecule has 0 aliphatic carbocycles. The highest BCUT2D eigenvalue weighted by Gasteiger charge is 2.44. The summed E-state index contributed by atoms with van der Waals surface area (Å²) in [6, 6.07) is 0. The molecule has 0 aromatic heterocycles. The average molecular weight is 368 g/mol. The van der Waals surface area contributed by atoms with Gasteiger partial charge in [0.15, 0.2) is 0 Å². The maximum absolute atomic E-state index is 6.23. The van der Waals surface area contributed by atoms with Crippen molar-refractivity contribution in [2.24, 2.45) is 0 Å². The van der Waals surface area contributed by atoms with Crippen LogP contribution in [0.2, 0.25) is 0 Å². The molecule has 0 aromatic carbocycles. The molecule has 17 heavy (non-hydrogen) atoms. The molecule has 3 aliphatic heterocycles. The first-order valence-electron chi connectivity index (χ1n) is 6.35. The summed E-state index contributed by atoms with van der Waals surface area (Å²) in [7, 11) is 0. The molecule has 3 aliphatic rings. The summed E-state index contributed by atoms with van der Waals surface area (Å²) in [6.07, 6.45) is 7.10. The lowest BCUT2D eigenvalue weighted by Crippen LogP contribution is -2.55. The van der Waals surface area contributed by atoms with Gasteiger partial charge >= 0.3 is 0 Å². The van der Waals surface area contributed by atoms with Gasteiger partial charge in [0.1, 0.15) is 0 Å².